The standard InChI is InChI=1S/C16H34N2O4SSi/c1-16(2,3)24(5,6)22-12-15-9-7-14(8-10-15)11-18(4)23(20,21)17-13-19/h13-15H,7-12H2,1-6H3,(H,17,19). The fourth-order valence-corrected chi connectivity index (χ4v) is 4.53. The van der Waals surface area contributed by atoms with E-state index >= 15 is 0 Å². The van der Waals surface area contributed by atoms with Crippen molar-refractivity contribution in [3.05, 3.63) is 0 Å². The lowest BCUT2D eigenvalue weighted by Gasteiger charge is -2.38. The Morgan fingerprint density at radius 1 is 1.17 bits per heavy atom. The number of hydrogen-bond acceptors (Lipinski definition) is 4. The number of nitrogens with one attached hydrogen (secondary N) is 1. The summed E-state index contributed by atoms with van der Waals surface area (Å²) in [6, 6.07) is 0. The average Bonchev–Trinajstić information content (AvgIpc) is 2.45. The van der Waals surface area contributed by atoms with Gasteiger partial charge >= 0.3 is 10.2 Å². The second-order valence-electron chi connectivity index (χ2n) is 8.48. The maximum atomic E-state index is 11.7. The Morgan fingerprint density at radius 2 is 1.67 bits per heavy atom. The van der Waals surface area contributed by atoms with Gasteiger partial charge in [0, 0.05) is 20.2 Å². The summed E-state index contributed by atoms with van der Waals surface area (Å²) in [7, 11) is -3.86. The largest absolute Gasteiger partial charge is 0.417 e. The summed E-state index contributed by atoms with van der Waals surface area (Å²) in [6.45, 7) is 12.6. The molecule has 0 saturated heterocycles. The third kappa shape index (κ3) is 6.13. The summed E-state index contributed by atoms with van der Waals surface area (Å²) >= 11 is 0. The zero-order valence-corrected chi connectivity index (χ0v) is 17.8. The summed E-state index contributed by atoms with van der Waals surface area (Å²) in [5.41, 5.74) is 0. The van der Waals surface area contributed by atoms with Crippen molar-refractivity contribution in [1.82, 2.24) is 9.03 Å². The van der Waals surface area contributed by atoms with Gasteiger partial charge in [0.1, 0.15) is 0 Å². The zero-order chi connectivity index (χ0) is 18.6. The Labute approximate surface area is 148 Å². The van der Waals surface area contributed by atoms with Gasteiger partial charge in [-0.05, 0) is 55.7 Å². The van der Waals surface area contributed by atoms with Crippen molar-refractivity contribution >= 4 is 24.9 Å². The third-order valence-electron chi connectivity index (χ3n) is 5.58. The van der Waals surface area contributed by atoms with E-state index in [0.717, 1.165) is 32.3 Å². The second kappa shape index (κ2) is 8.29. The number of carbonyl (C=O) groups is 1. The lowest BCUT2D eigenvalue weighted by atomic mass is 9.82. The normalized spacial score (nSPS) is 23.3. The second-order valence-corrected chi connectivity index (χ2v) is 15.1. The van der Waals surface area contributed by atoms with Gasteiger partial charge in [-0.3, -0.25) is 4.79 Å². The van der Waals surface area contributed by atoms with Crippen LogP contribution in [0.3, 0.4) is 0 Å². The predicted molar refractivity (Wildman–Crippen MR) is 99.3 cm³/mol. The molecule has 0 radical (unpaired) electrons. The van der Waals surface area contributed by atoms with E-state index in [9.17, 15) is 13.2 Å². The molecule has 1 saturated carbocycles. The average molecular weight is 379 g/mol. The van der Waals surface area contributed by atoms with Crippen LogP contribution in [0.4, 0.5) is 0 Å². The van der Waals surface area contributed by atoms with E-state index in [1.54, 1.807) is 0 Å². The molecule has 6 nitrogen and oxygen atoms in total. The Balaban J connectivity index is 2.41. The van der Waals surface area contributed by atoms with E-state index in [4.69, 9.17) is 4.43 Å². The molecule has 1 aliphatic carbocycles. The van der Waals surface area contributed by atoms with Crippen molar-refractivity contribution < 1.29 is 17.6 Å². The van der Waals surface area contributed by atoms with E-state index in [1.165, 1.54) is 11.4 Å². The first kappa shape index (κ1) is 21.6. The van der Waals surface area contributed by atoms with Crippen LogP contribution in [-0.2, 0) is 19.4 Å². The number of rotatable bonds is 8. The molecule has 0 heterocycles. The highest BCUT2D eigenvalue weighted by molar-refractivity contribution is 7.87. The minimum absolute atomic E-state index is 0.209. The topological polar surface area (TPSA) is 75.7 Å². The molecule has 0 atom stereocenters. The van der Waals surface area contributed by atoms with Crippen molar-refractivity contribution in [3.63, 3.8) is 0 Å². The van der Waals surface area contributed by atoms with Gasteiger partial charge in [-0.2, -0.15) is 12.7 Å². The molecule has 0 bridgehead atoms. The molecule has 0 aromatic heterocycles. The lowest BCUT2D eigenvalue weighted by molar-refractivity contribution is -0.108. The highest BCUT2D eigenvalue weighted by Crippen LogP contribution is 2.38. The van der Waals surface area contributed by atoms with Gasteiger partial charge in [0.2, 0.25) is 6.41 Å². The van der Waals surface area contributed by atoms with Crippen LogP contribution >= 0.6 is 0 Å². The first-order valence-electron chi connectivity index (χ1n) is 8.70. The highest BCUT2D eigenvalue weighted by Gasteiger charge is 2.38. The molecule has 0 spiro atoms. The van der Waals surface area contributed by atoms with Gasteiger partial charge in [0.25, 0.3) is 0 Å². The molecule has 1 amide bonds. The molecule has 0 aromatic carbocycles. The van der Waals surface area contributed by atoms with Crippen LogP contribution in [0.25, 0.3) is 0 Å². The first-order valence-corrected chi connectivity index (χ1v) is 13.0. The maximum Gasteiger partial charge on any atom is 0.303 e. The predicted octanol–water partition coefficient (Wildman–Crippen LogP) is 2.74. The van der Waals surface area contributed by atoms with Crippen molar-refractivity contribution in [1.29, 1.82) is 0 Å². The monoisotopic (exact) mass is 378 g/mol. The summed E-state index contributed by atoms with van der Waals surface area (Å²) in [4.78, 5) is 10.4. The smallest absolute Gasteiger partial charge is 0.303 e. The summed E-state index contributed by atoms with van der Waals surface area (Å²) in [5.74, 6) is 0.924. The quantitative estimate of drug-likeness (QED) is 0.520. The molecule has 8 heteroatoms. The van der Waals surface area contributed by atoms with Crippen molar-refractivity contribution in [2.24, 2.45) is 11.8 Å². The minimum Gasteiger partial charge on any atom is -0.417 e. The van der Waals surface area contributed by atoms with Gasteiger partial charge < -0.3 is 4.43 Å². The Morgan fingerprint density at radius 3 is 2.12 bits per heavy atom. The van der Waals surface area contributed by atoms with Gasteiger partial charge in [0.15, 0.2) is 8.32 Å². The number of carbonyl (C=O) groups excluding carboxylic acids is 1. The van der Waals surface area contributed by atoms with Crippen LogP contribution in [0, 0.1) is 11.8 Å². The minimum atomic E-state index is -3.67. The van der Waals surface area contributed by atoms with Crippen molar-refractivity contribution in [3.8, 4) is 0 Å². The molecule has 1 fully saturated rings. The molecule has 1 N–H and O–H groups in total. The Hall–Kier alpha value is -0.443. The lowest BCUT2D eigenvalue weighted by Crippen LogP contribution is -2.43. The first-order chi connectivity index (χ1) is 10.9. The number of nitrogens with zero attached hydrogens (tertiary/aromatic N) is 1. The van der Waals surface area contributed by atoms with E-state index in [-0.39, 0.29) is 11.4 Å². The number of amides is 1. The van der Waals surface area contributed by atoms with Crippen molar-refractivity contribution in [2.75, 3.05) is 20.2 Å². The van der Waals surface area contributed by atoms with Crippen LogP contribution in [0.1, 0.15) is 46.5 Å². The van der Waals surface area contributed by atoms with E-state index in [0.29, 0.717) is 18.4 Å². The zero-order valence-electron chi connectivity index (χ0n) is 16.0. The molecule has 0 aromatic rings. The van der Waals surface area contributed by atoms with Gasteiger partial charge in [-0.1, -0.05) is 20.8 Å². The molecule has 1 aliphatic rings. The SMILES string of the molecule is CN(CC1CCC(CO[Si](C)(C)C(C)(C)C)CC1)S(=O)(=O)NC=O. The summed E-state index contributed by atoms with van der Waals surface area (Å²) < 4.78 is 32.9. The Kier molecular flexibility index (Phi) is 7.46. The molecular formula is C16H34N2O4SSi. The fraction of sp³-hybridized carbons (Fsp3) is 0.938. The van der Waals surface area contributed by atoms with E-state index in [2.05, 4.69) is 33.9 Å². The fourth-order valence-electron chi connectivity index (χ4n) is 2.74. The summed E-state index contributed by atoms with van der Waals surface area (Å²) in [5, 5.41) is 0.229. The molecule has 0 unspecified atom stereocenters. The van der Waals surface area contributed by atoms with E-state index in [1.807, 2.05) is 4.72 Å². The van der Waals surface area contributed by atoms with Crippen LogP contribution in [0.2, 0.25) is 18.1 Å². The maximum absolute atomic E-state index is 11.7. The molecule has 24 heavy (non-hydrogen) atoms. The van der Waals surface area contributed by atoms with Gasteiger partial charge in [-0.15, -0.1) is 0 Å². The highest BCUT2D eigenvalue weighted by atomic mass is 32.2. The van der Waals surface area contributed by atoms with Crippen LogP contribution in [-0.4, -0.2) is 47.6 Å². The van der Waals surface area contributed by atoms with Gasteiger partial charge in [0.05, 0.1) is 0 Å². The third-order valence-corrected chi connectivity index (χ3v) is 11.4. The van der Waals surface area contributed by atoms with Crippen LogP contribution in [0.5, 0.6) is 0 Å². The Bertz CT molecular complexity index is 509. The van der Waals surface area contributed by atoms with Crippen LogP contribution < -0.4 is 4.72 Å². The van der Waals surface area contributed by atoms with E-state index < -0.39 is 18.5 Å². The summed E-state index contributed by atoms with van der Waals surface area (Å²) in [6.07, 6.45) is 4.38. The number of hydrogen-bond donors (Lipinski definition) is 1. The molecule has 142 valence electrons. The van der Waals surface area contributed by atoms with Gasteiger partial charge in [-0.25, -0.2) is 4.72 Å². The molecular weight excluding hydrogens is 344 g/mol. The van der Waals surface area contributed by atoms with Crippen LogP contribution in [0.15, 0.2) is 0 Å². The van der Waals surface area contributed by atoms with Crippen molar-refractivity contribution in [2.45, 2.75) is 64.6 Å². The molecule has 0 aliphatic heterocycles. The molecule has 1 rings (SSSR count).